The van der Waals surface area contributed by atoms with Crippen LogP contribution in [0, 0.1) is 6.92 Å². The molecule has 7 nitrogen and oxygen atoms in total. The van der Waals surface area contributed by atoms with Crippen molar-refractivity contribution in [3.8, 4) is 5.75 Å². The minimum atomic E-state index is -0.265. The summed E-state index contributed by atoms with van der Waals surface area (Å²) in [5.74, 6) is 1.75. The molecule has 3 atom stereocenters. The van der Waals surface area contributed by atoms with Crippen LogP contribution in [0.1, 0.15) is 55.3 Å². The lowest BCUT2D eigenvalue weighted by molar-refractivity contribution is -0.134. The van der Waals surface area contributed by atoms with E-state index in [1.165, 1.54) is 0 Å². The van der Waals surface area contributed by atoms with Gasteiger partial charge in [-0.05, 0) is 39.2 Å². The predicted molar refractivity (Wildman–Crippen MR) is 100.0 cm³/mol. The molecule has 144 valence electrons. The van der Waals surface area contributed by atoms with Crippen LogP contribution in [0.4, 0.5) is 0 Å². The normalized spacial score (nSPS) is 25.1. The molecule has 2 N–H and O–H groups in total. The number of benzene rings is 1. The van der Waals surface area contributed by atoms with E-state index in [0.29, 0.717) is 13.0 Å². The number of hydrazine groups is 1. The highest BCUT2D eigenvalue weighted by Gasteiger charge is 2.39. The molecule has 2 aliphatic rings. The number of nitrogens with one attached hydrogen (secondary N) is 2. The number of ether oxygens (including phenoxy) is 1. The van der Waals surface area contributed by atoms with Crippen LogP contribution in [0.5, 0.6) is 5.75 Å². The standard InChI is InChI=1S/C20H26N4O3/c1-3-26-19-9-5-4-7-14(19)15-12-17(22-21-15)20(25)24-10-6-8-18(24)16-11-13(2)27-23-16/h4-5,7,9,11,15,17-18,21-22H,3,6,8,10,12H2,1-2H3. The highest BCUT2D eigenvalue weighted by atomic mass is 16.5. The molecular formula is C20H26N4O3. The highest BCUT2D eigenvalue weighted by Crippen LogP contribution is 2.35. The summed E-state index contributed by atoms with van der Waals surface area (Å²) in [5, 5.41) is 4.13. The fourth-order valence-corrected chi connectivity index (χ4v) is 4.06. The lowest BCUT2D eigenvalue weighted by atomic mass is 10.00. The maximum atomic E-state index is 13.2. The molecule has 0 spiro atoms. The molecule has 0 aliphatic carbocycles. The van der Waals surface area contributed by atoms with Gasteiger partial charge in [0.2, 0.25) is 5.91 Å². The van der Waals surface area contributed by atoms with Gasteiger partial charge in [-0.2, -0.15) is 0 Å². The molecule has 1 aromatic heterocycles. The van der Waals surface area contributed by atoms with Crippen molar-refractivity contribution < 1.29 is 14.1 Å². The van der Waals surface area contributed by atoms with Crippen molar-refractivity contribution in [3.05, 3.63) is 47.3 Å². The van der Waals surface area contributed by atoms with Gasteiger partial charge < -0.3 is 14.2 Å². The minimum Gasteiger partial charge on any atom is -0.494 e. The Morgan fingerprint density at radius 1 is 1.37 bits per heavy atom. The van der Waals surface area contributed by atoms with E-state index in [1.807, 2.05) is 49.1 Å². The van der Waals surface area contributed by atoms with Gasteiger partial charge in [-0.15, -0.1) is 0 Å². The van der Waals surface area contributed by atoms with Crippen LogP contribution in [0.3, 0.4) is 0 Å². The fraction of sp³-hybridized carbons (Fsp3) is 0.500. The lowest BCUT2D eigenvalue weighted by Gasteiger charge is -2.25. The number of hydrogen-bond donors (Lipinski definition) is 2. The number of hydrogen-bond acceptors (Lipinski definition) is 6. The summed E-state index contributed by atoms with van der Waals surface area (Å²) in [6.07, 6.45) is 2.59. The molecule has 1 aromatic carbocycles. The van der Waals surface area contributed by atoms with Crippen LogP contribution in [-0.4, -0.2) is 35.2 Å². The smallest absolute Gasteiger partial charge is 0.241 e. The van der Waals surface area contributed by atoms with Crippen LogP contribution in [0.2, 0.25) is 0 Å². The third kappa shape index (κ3) is 3.57. The Morgan fingerprint density at radius 3 is 3.00 bits per heavy atom. The molecule has 27 heavy (non-hydrogen) atoms. The summed E-state index contributed by atoms with van der Waals surface area (Å²) >= 11 is 0. The molecule has 3 heterocycles. The maximum absolute atomic E-state index is 13.2. The maximum Gasteiger partial charge on any atom is 0.241 e. The van der Waals surface area contributed by atoms with Gasteiger partial charge in [0.1, 0.15) is 23.2 Å². The summed E-state index contributed by atoms with van der Waals surface area (Å²) in [6, 6.07) is 9.69. The van der Waals surface area contributed by atoms with E-state index < -0.39 is 0 Å². The van der Waals surface area contributed by atoms with Crippen molar-refractivity contribution >= 4 is 5.91 Å². The average Bonchev–Trinajstić information content (AvgIpc) is 3.42. The van der Waals surface area contributed by atoms with Gasteiger partial charge in [0, 0.05) is 18.2 Å². The van der Waals surface area contributed by atoms with Gasteiger partial charge in [-0.1, -0.05) is 23.4 Å². The van der Waals surface area contributed by atoms with Crippen molar-refractivity contribution in [1.29, 1.82) is 0 Å². The van der Waals surface area contributed by atoms with E-state index in [-0.39, 0.29) is 24.0 Å². The van der Waals surface area contributed by atoms with E-state index >= 15 is 0 Å². The summed E-state index contributed by atoms with van der Waals surface area (Å²) in [5.41, 5.74) is 8.39. The predicted octanol–water partition coefficient (Wildman–Crippen LogP) is 2.65. The molecule has 2 saturated heterocycles. The molecule has 0 bridgehead atoms. The molecule has 7 heteroatoms. The van der Waals surface area contributed by atoms with Crippen molar-refractivity contribution in [2.45, 2.75) is 51.2 Å². The molecule has 4 rings (SSSR count). The molecule has 2 aromatic rings. The molecule has 0 radical (unpaired) electrons. The number of likely N-dealkylation sites (tertiary alicyclic amines) is 1. The second-order valence-corrected chi connectivity index (χ2v) is 7.15. The molecule has 2 fully saturated rings. The Hall–Kier alpha value is -2.38. The first-order valence-corrected chi connectivity index (χ1v) is 9.64. The number of amides is 1. The topological polar surface area (TPSA) is 79.6 Å². The first-order valence-electron chi connectivity index (χ1n) is 9.64. The van der Waals surface area contributed by atoms with Crippen LogP contribution < -0.4 is 15.6 Å². The second-order valence-electron chi connectivity index (χ2n) is 7.15. The lowest BCUT2D eigenvalue weighted by Crippen LogP contribution is -2.45. The zero-order valence-corrected chi connectivity index (χ0v) is 15.8. The molecule has 2 aliphatic heterocycles. The fourth-order valence-electron chi connectivity index (χ4n) is 4.06. The van der Waals surface area contributed by atoms with Crippen molar-refractivity contribution in [2.24, 2.45) is 0 Å². The van der Waals surface area contributed by atoms with Crippen LogP contribution in [0.15, 0.2) is 34.9 Å². The van der Waals surface area contributed by atoms with E-state index in [0.717, 1.165) is 42.2 Å². The Morgan fingerprint density at radius 2 is 2.22 bits per heavy atom. The van der Waals surface area contributed by atoms with Gasteiger partial charge in [-0.25, -0.2) is 10.9 Å². The number of nitrogens with zero attached hydrogens (tertiary/aromatic N) is 2. The summed E-state index contributed by atoms with van der Waals surface area (Å²) < 4.78 is 11.0. The number of aryl methyl sites for hydroxylation is 1. The Balaban J connectivity index is 1.46. The zero-order valence-electron chi connectivity index (χ0n) is 15.8. The van der Waals surface area contributed by atoms with Gasteiger partial charge in [0.25, 0.3) is 0 Å². The number of carbonyl (C=O) groups excluding carboxylic acids is 1. The number of aromatic nitrogens is 1. The molecule has 0 saturated carbocycles. The van der Waals surface area contributed by atoms with Crippen LogP contribution in [-0.2, 0) is 4.79 Å². The van der Waals surface area contributed by atoms with E-state index in [4.69, 9.17) is 9.26 Å². The zero-order chi connectivity index (χ0) is 18.8. The van der Waals surface area contributed by atoms with Gasteiger partial charge >= 0.3 is 0 Å². The monoisotopic (exact) mass is 370 g/mol. The highest BCUT2D eigenvalue weighted by molar-refractivity contribution is 5.83. The Kier molecular flexibility index (Phi) is 5.13. The number of para-hydroxylation sites is 1. The summed E-state index contributed by atoms with van der Waals surface area (Å²) in [4.78, 5) is 15.1. The third-order valence-electron chi connectivity index (χ3n) is 5.32. The van der Waals surface area contributed by atoms with Crippen LogP contribution >= 0.6 is 0 Å². The van der Waals surface area contributed by atoms with Gasteiger partial charge in [0.15, 0.2) is 0 Å². The quantitative estimate of drug-likeness (QED) is 0.842. The van der Waals surface area contributed by atoms with Gasteiger partial charge in [-0.3, -0.25) is 4.79 Å². The first kappa shape index (κ1) is 18.0. The Bertz CT molecular complexity index is 806. The van der Waals surface area contributed by atoms with Crippen molar-refractivity contribution in [1.82, 2.24) is 20.9 Å². The third-order valence-corrected chi connectivity index (χ3v) is 5.32. The summed E-state index contributed by atoms with van der Waals surface area (Å²) in [6.45, 7) is 5.23. The Labute approximate surface area is 159 Å². The second kappa shape index (κ2) is 7.70. The average molecular weight is 370 g/mol. The molecular weight excluding hydrogens is 344 g/mol. The molecule has 1 amide bonds. The van der Waals surface area contributed by atoms with Crippen molar-refractivity contribution in [2.75, 3.05) is 13.2 Å². The van der Waals surface area contributed by atoms with Gasteiger partial charge in [0.05, 0.1) is 18.7 Å². The largest absolute Gasteiger partial charge is 0.494 e. The number of rotatable bonds is 5. The van der Waals surface area contributed by atoms with E-state index in [1.54, 1.807) is 0 Å². The summed E-state index contributed by atoms with van der Waals surface area (Å²) in [7, 11) is 0. The minimum absolute atomic E-state index is 0.00603. The van der Waals surface area contributed by atoms with E-state index in [9.17, 15) is 4.79 Å². The molecule has 3 unspecified atom stereocenters. The SMILES string of the molecule is CCOc1ccccc1C1CC(C(=O)N2CCCC2c2cc(C)on2)NN1. The number of carbonyl (C=O) groups is 1. The first-order chi connectivity index (χ1) is 13.2. The van der Waals surface area contributed by atoms with Crippen LogP contribution in [0.25, 0.3) is 0 Å². The van der Waals surface area contributed by atoms with Crippen molar-refractivity contribution in [3.63, 3.8) is 0 Å². The van der Waals surface area contributed by atoms with E-state index in [2.05, 4.69) is 16.0 Å².